The van der Waals surface area contributed by atoms with Crippen molar-refractivity contribution in [2.45, 2.75) is 64.0 Å². The predicted molar refractivity (Wildman–Crippen MR) is 118 cm³/mol. The number of carbonyl (C=O) groups excluding carboxylic acids is 3. The highest BCUT2D eigenvalue weighted by molar-refractivity contribution is 5.97. The molecule has 3 fully saturated rings. The number of halogens is 1. The summed E-state index contributed by atoms with van der Waals surface area (Å²) >= 11 is 0. The van der Waals surface area contributed by atoms with E-state index in [9.17, 15) is 18.8 Å². The lowest BCUT2D eigenvalue weighted by molar-refractivity contribution is -0.149. The monoisotopic (exact) mass is 461 g/mol. The first kappa shape index (κ1) is 23.5. The number of hydrogen-bond acceptors (Lipinski definition) is 6. The zero-order valence-electron chi connectivity index (χ0n) is 19.2. The molecular weight excluding hydrogens is 429 g/mol. The molecule has 1 N–H and O–H groups in total. The summed E-state index contributed by atoms with van der Waals surface area (Å²) in [7, 11) is 1.38. The lowest BCUT2D eigenvalue weighted by Crippen LogP contribution is -2.44. The highest BCUT2D eigenvalue weighted by Gasteiger charge is 2.48. The number of aldehydes is 1. The zero-order chi connectivity index (χ0) is 23.5. The summed E-state index contributed by atoms with van der Waals surface area (Å²) in [5.41, 5.74) is 0.182. The Hall–Kier alpha value is -2.64. The molecule has 1 amide bonds. The van der Waals surface area contributed by atoms with Gasteiger partial charge in [-0.1, -0.05) is 0 Å². The van der Waals surface area contributed by atoms with Gasteiger partial charge in [0.05, 0.1) is 31.3 Å². The van der Waals surface area contributed by atoms with Crippen LogP contribution in [0.5, 0.6) is 11.5 Å². The van der Waals surface area contributed by atoms with Crippen molar-refractivity contribution >= 4 is 18.2 Å². The second kappa shape index (κ2) is 10.1. The van der Waals surface area contributed by atoms with Gasteiger partial charge >= 0.3 is 5.97 Å². The second-order valence-corrected chi connectivity index (χ2v) is 9.37. The van der Waals surface area contributed by atoms with Crippen molar-refractivity contribution in [3.05, 3.63) is 23.5 Å². The van der Waals surface area contributed by atoms with Crippen LogP contribution in [0.15, 0.2) is 12.1 Å². The summed E-state index contributed by atoms with van der Waals surface area (Å²) in [6, 6.07) is 2.34. The molecule has 0 heterocycles. The van der Waals surface area contributed by atoms with Crippen LogP contribution in [0, 0.1) is 29.5 Å². The minimum absolute atomic E-state index is 0.0135. The largest absolute Gasteiger partial charge is 0.496 e. The van der Waals surface area contributed by atoms with Gasteiger partial charge in [0, 0.05) is 18.0 Å². The van der Waals surface area contributed by atoms with Crippen molar-refractivity contribution in [1.29, 1.82) is 0 Å². The molecule has 0 unspecified atom stereocenters. The van der Waals surface area contributed by atoms with E-state index in [-0.39, 0.29) is 47.0 Å². The Balaban J connectivity index is 1.45. The number of rotatable bonds is 8. The van der Waals surface area contributed by atoms with Crippen LogP contribution >= 0.6 is 0 Å². The summed E-state index contributed by atoms with van der Waals surface area (Å²) in [5.74, 6) is -0.797. The van der Waals surface area contributed by atoms with Crippen LogP contribution in [0.4, 0.5) is 4.39 Å². The van der Waals surface area contributed by atoms with E-state index in [1.165, 1.54) is 13.2 Å². The molecule has 0 spiro atoms. The van der Waals surface area contributed by atoms with Crippen LogP contribution < -0.4 is 14.8 Å². The summed E-state index contributed by atoms with van der Waals surface area (Å²) in [4.78, 5) is 36.7. The van der Waals surface area contributed by atoms with Gasteiger partial charge < -0.3 is 24.3 Å². The van der Waals surface area contributed by atoms with E-state index in [0.29, 0.717) is 44.1 Å². The summed E-state index contributed by atoms with van der Waals surface area (Å²) < 4.78 is 31.0. The molecule has 4 rings (SSSR count). The Morgan fingerprint density at radius 2 is 1.82 bits per heavy atom. The maximum Gasteiger partial charge on any atom is 0.308 e. The van der Waals surface area contributed by atoms with Gasteiger partial charge in [-0.25, -0.2) is 4.39 Å². The molecule has 0 aromatic heterocycles. The van der Waals surface area contributed by atoms with Crippen LogP contribution in [0.25, 0.3) is 0 Å². The first-order valence-corrected chi connectivity index (χ1v) is 11.9. The minimum atomic E-state index is -0.610. The molecule has 0 aliphatic heterocycles. The Bertz CT molecular complexity index is 897. The molecule has 33 heavy (non-hydrogen) atoms. The van der Waals surface area contributed by atoms with E-state index < -0.39 is 11.7 Å². The number of methoxy groups -OCH3 is 1. The molecule has 3 saturated carbocycles. The number of nitrogens with one attached hydrogen (secondary N) is 1. The minimum Gasteiger partial charge on any atom is -0.496 e. The molecule has 2 bridgehead atoms. The van der Waals surface area contributed by atoms with Crippen LogP contribution in [0.1, 0.15) is 62.2 Å². The van der Waals surface area contributed by atoms with Crippen LogP contribution in [0.2, 0.25) is 0 Å². The van der Waals surface area contributed by atoms with Crippen molar-refractivity contribution in [1.82, 2.24) is 5.32 Å². The van der Waals surface area contributed by atoms with E-state index in [1.807, 2.05) is 0 Å². The molecule has 8 heteroatoms. The SMILES string of the molecule is CCOC(=O)C1CCC(Oc2cc(C(=O)N[C@@H]3[C@H]4CC[C@H](C4)[C@@H]3C=O)c(OC)cc2F)CC1. The van der Waals surface area contributed by atoms with Crippen LogP contribution in [-0.4, -0.2) is 44.0 Å². The van der Waals surface area contributed by atoms with E-state index in [1.54, 1.807) is 6.92 Å². The van der Waals surface area contributed by atoms with Crippen LogP contribution in [-0.2, 0) is 14.3 Å². The van der Waals surface area contributed by atoms with Crippen molar-refractivity contribution in [3.8, 4) is 11.5 Å². The summed E-state index contributed by atoms with van der Waals surface area (Å²) in [6.45, 7) is 2.14. The number of esters is 1. The molecule has 1 aromatic rings. The third-order valence-corrected chi connectivity index (χ3v) is 7.52. The molecule has 180 valence electrons. The van der Waals surface area contributed by atoms with Gasteiger partial charge in [-0.3, -0.25) is 9.59 Å². The lowest BCUT2D eigenvalue weighted by atomic mass is 9.85. The van der Waals surface area contributed by atoms with Gasteiger partial charge in [0.15, 0.2) is 11.6 Å². The molecule has 1 aromatic carbocycles. The van der Waals surface area contributed by atoms with Gasteiger partial charge in [-0.05, 0) is 69.8 Å². The lowest BCUT2D eigenvalue weighted by Gasteiger charge is -2.29. The predicted octanol–water partition coefficient (Wildman–Crippen LogP) is 3.68. The average molecular weight is 462 g/mol. The Kier molecular flexibility index (Phi) is 7.20. The maximum absolute atomic E-state index is 14.7. The topological polar surface area (TPSA) is 90.9 Å². The normalized spacial score (nSPS) is 30.5. The number of carbonyl (C=O) groups is 3. The Morgan fingerprint density at radius 3 is 2.48 bits per heavy atom. The molecular formula is C25H32FNO6. The quantitative estimate of drug-likeness (QED) is 0.469. The van der Waals surface area contributed by atoms with Gasteiger partial charge in [0.25, 0.3) is 5.91 Å². The first-order valence-electron chi connectivity index (χ1n) is 11.9. The van der Waals surface area contributed by atoms with E-state index in [0.717, 1.165) is 31.6 Å². The number of fused-ring (bicyclic) bond motifs is 2. The third kappa shape index (κ3) is 4.84. The van der Waals surface area contributed by atoms with E-state index >= 15 is 0 Å². The van der Waals surface area contributed by atoms with Gasteiger partial charge in [-0.15, -0.1) is 0 Å². The molecule has 3 aliphatic rings. The number of hydrogen-bond donors (Lipinski definition) is 1. The van der Waals surface area contributed by atoms with Crippen LogP contribution in [0.3, 0.4) is 0 Å². The highest BCUT2D eigenvalue weighted by Crippen LogP contribution is 2.47. The standard InChI is InChI=1S/C25H32FNO6/c1-3-32-25(30)14-6-8-17(9-7-14)33-22-11-18(21(31-2)12-20(22)26)24(29)27-23-16-5-4-15(10-16)19(23)13-28/h11-17,19,23H,3-10H2,1-2H3,(H,27,29)/t14?,15-,16+,17?,19+,23-/m1/s1. The fourth-order valence-corrected chi connectivity index (χ4v) is 5.80. The van der Waals surface area contributed by atoms with Crippen molar-refractivity contribution in [3.63, 3.8) is 0 Å². The molecule has 0 radical (unpaired) electrons. The summed E-state index contributed by atoms with van der Waals surface area (Å²) in [5, 5.41) is 3.00. The fourth-order valence-electron chi connectivity index (χ4n) is 5.80. The van der Waals surface area contributed by atoms with Gasteiger partial charge in [0.2, 0.25) is 0 Å². The molecule has 4 atom stereocenters. The number of ether oxygens (including phenoxy) is 3. The number of amides is 1. The van der Waals surface area contributed by atoms with Gasteiger partial charge in [0.1, 0.15) is 12.0 Å². The number of benzene rings is 1. The first-order chi connectivity index (χ1) is 15.9. The van der Waals surface area contributed by atoms with E-state index in [4.69, 9.17) is 14.2 Å². The second-order valence-electron chi connectivity index (χ2n) is 9.37. The van der Waals surface area contributed by atoms with E-state index in [2.05, 4.69) is 5.32 Å². The van der Waals surface area contributed by atoms with Crippen molar-refractivity contribution < 1.29 is 33.0 Å². The van der Waals surface area contributed by atoms with Crippen molar-refractivity contribution in [2.24, 2.45) is 23.7 Å². The Labute approximate surface area is 193 Å². The Morgan fingerprint density at radius 1 is 1.09 bits per heavy atom. The smallest absolute Gasteiger partial charge is 0.308 e. The van der Waals surface area contributed by atoms with Gasteiger partial charge in [-0.2, -0.15) is 0 Å². The van der Waals surface area contributed by atoms with Crippen molar-refractivity contribution in [2.75, 3.05) is 13.7 Å². The maximum atomic E-state index is 14.7. The molecule has 0 saturated heterocycles. The summed E-state index contributed by atoms with van der Waals surface area (Å²) in [6.07, 6.45) is 6.12. The average Bonchev–Trinajstić information content (AvgIpc) is 3.42. The molecule has 7 nitrogen and oxygen atoms in total. The third-order valence-electron chi connectivity index (χ3n) is 7.52. The fraction of sp³-hybridized carbons (Fsp3) is 0.640. The molecule has 3 aliphatic carbocycles. The zero-order valence-corrected chi connectivity index (χ0v) is 19.2. The highest BCUT2D eigenvalue weighted by atomic mass is 19.1.